The van der Waals surface area contributed by atoms with Gasteiger partial charge in [0.05, 0.1) is 19.1 Å². The minimum Gasteiger partial charge on any atom is -0.344 e. The van der Waals surface area contributed by atoms with Gasteiger partial charge < -0.3 is 14.3 Å². The fraction of sp³-hybridized carbons (Fsp3) is 0.833. The number of aldehydes is 1. The molecule has 0 spiro atoms. The Hall–Kier alpha value is -0.620. The summed E-state index contributed by atoms with van der Waals surface area (Å²) in [6.07, 6.45) is -6.16. The molecule has 0 unspecified atom stereocenters. The van der Waals surface area contributed by atoms with Gasteiger partial charge in [-0.15, -0.1) is 0 Å². The van der Waals surface area contributed by atoms with Crippen molar-refractivity contribution >= 4 is 6.29 Å². The van der Waals surface area contributed by atoms with Crippen LogP contribution in [0.4, 0.5) is 13.2 Å². The number of hydrogen-bond donors (Lipinski definition) is 0. The molecule has 70 valence electrons. The van der Waals surface area contributed by atoms with Crippen molar-refractivity contribution in [2.24, 2.45) is 5.92 Å². The Morgan fingerprint density at radius 3 is 2.08 bits per heavy atom. The number of alkyl halides is 3. The summed E-state index contributed by atoms with van der Waals surface area (Å²) < 4.78 is 44.0. The SMILES string of the molecule is O=CC1COC(C(F)(F)F)OC1. The van der Waals surface area contributed by atoms with Crippen molar-refractivity contribution in [1.82, 2.24) is 0 Å². The van der Waals surface area contributed by atoms with Gasteiger partial charge in [-0.2, -0.15) is 13.2 Å². The summed E-state index contributed by atoms with van der Waals surface area (Å²) in [6, 6.07) is 0. The number of ether oxygens (including phenoxy) is 2. The smallest absolute Gasteiger partial charge is 0.344 e. The molecule has 0 aromatic carbocycles. The van der Waals surface area contributed by atoms with Gasteiger partial charge in [0.1, 0.15) is 6.29 Å². The fourth-order valence-electron chi connectivity index (χ4n) is 0.786. The summed E-state index contributed by atoms with van der Waals surface area (Å²) in [7, 11) is 0. The number of carbonyl (C=O) groups is 1. The van der Waals surface area contributed by atoms with Crippen LogP contribution >= 0.6 is 0 Å². The lowest BCUT2D eigenvalue weighted by molar-refractivity contribution is -0.331. The van der Waals surface area contributed by atoms with E-state index in [0.717, 1.165) is 0 Å². The first-order valence-corrected chi connectivity index (χ1v) is 3.29. The quantitative estimate of drug-likeness (QED) is 0.564. The first-order chi connectivity index (χ1) is 5.54. The molecule has 0 aromatic rings. The summed E-state index contributed by atoms with van der Waals surface area (Å²) >= 11 is 0. The van der Waals surface area contributed by atoms with Crippen molar-refractivity contribution in [3.63, 3.8) is 0 Å². The third-order valence-corrected chi connectivity index (χ3v) is 1.38. The molecular formula is C6H7F3O3. The predicted octanol–water partition coefficient (Wildman–Crippen LogP) is 0.737. The Morgan fingerprint density at radius 2 is 1.75 bits per heavy atom. The molecule has 0 radical (unpaired) electrons. The molecule has 1 rings (SSSR count). The molecule has 1 aliphatic rings. The van der Waals surface area contributed by atoms with Gasteiger partial charge in [0.2, 0.25) is 0 Å². The van der Waals surface area contributed by atoms with E-state index >= 15 is 0 Å². The predicted molar refractivity (Wildman–Crippen MR) is 31.3 cm³/mol. The van der Waals surface area contributed by atoms with Crippen molar-refractivity contribution in [2.75, 3.05) is 13.2 Å². The van der Waals surface area contributed by atoms with Gasteiger partial charge in [-0.3, -0.25) is 0 Å². The highest BCUT2D eigenvalue weighted by Crippen LogP contribution is 2.26. The standard InChI is InChI=1S/C6H7F3O3/c7-6(8,9)5-11-2-4(1-10)3-12-5/h1,4-5H,2-3H2. The van der Waals surface area contributed by atoms with Gasteiger partial charge in [-0.05, 0) is 0 Å². The van der Waals surface area contributed by atoms with E-state index in [1.807, 2.05) is 0 Å². The lowest BCUT2D eigenvalue weighted by Crippen LogP contribution is -2.42. The van der Waals surface area contributed by atoms with Gasteiger partial charge >= 0.3 is 6.18 Å². The molecular weight excluding hydrogens is 177 g/mol. The van der Waals surface area contributed by atoms with Crippen LogP contribution in [0.1, 0.15) is 0 Å². The monoisotopic (exact) mass is 184 g/mol. The largest absolute Gasteiger partial charge is 0.440 e. The Kier molecular flexibility index (Phi) is 2.69. The van der Waals surface area contributed by atoms with E-state index in [-0.39, 0.29) is 13.2 Å². The number of hydrogen-bond acceptors (Lipinski definition) is 3. The molecule has 3 nitrogen and oxygen atoms in total. The zero-order valence-electron chi connectivity index (χ0n) is 6.00. The lowest BCUT2D eigenvalue weighted by Gasteiger charge is -2.27. The average molecular weight is 184 g/mol. The van der Waals surface area contributed by atoms with Crippen LogP contribution < -0.4 is 0 Å². The minimum atomic E-state index is -4.51. The van der Waals surface area contributed by atoms with Gasteiger partial charge in [-0.1, -0.05) is 0 Å². The van der Waals surface area contributed by atoms with Crippen molar-refractivity contribution in [2.45, 2.75) is 12.5 Å². The highest BCUT2D eigenvalue weighted by atomic mass is 19.4. The van der Waals surface area contributed by atoms with Gasteiger partial charge in [0, 0.05) is 0 Å². The molecule has 1 saturated heterocycles. The number of halogens is 3. The number of rotatable bonds is 1. The van der Waals surface area contributed by atoms with E-state index in [1.165, 1.54) is 0 Å². The molecule has 1 fully saturated rings. The van der Waals surface area contributed by atoms with E-state index in [2.05, 4.69) is 9.47 Å². The Bertz CT molecular complexity index is 160. The second kappa shape index (κ2) is 3.40. The van der Waals surface area contributed by atoms with Crippen LogP contribution in [0.2, 0.25) is 0 Å². The van der Waals surface area contributed by atoms with E-state index in [4.69, 9.17) is 0 Å². The van der Waals surface area contributed by atoms with Gasteiger partial charge in [0.15, 0.2) is 0 Å². The van der Waals surface area contributed by atoms with Crippen molar-refractivity contribution < 1.29 is 27.4 Å². The Balaban J connectivity index is 2.41. The summed E-state index contributed by atoms with van der Waals surface area (Å²) in [4.78, 5) is 10.1. The third kappa shape index (κ3) is 2.18. The van der Waals surface area contributed by atoms with E-state index in [1.54, 1.807) is 0 Å². The molecule has 0 aromatic heterocycles. The maximum Gasteiger partial charge on any atom is 0.440 e. The lowest BCUT2D eigenvalue weighted by atomic mass is 10.2. The summed E-state index contributed by atoms with van der Waals surface area (Å²) in [5, 5.41) is 0. The van der Waals surface area contributed by atoms with Crippen LogP contribution in [0.25, 0.3) is 0 Å². The zero-order chi connectivity index (χ0) is 9.19. The van der Waals surface area contributed by atoms with Crippen LogP contribution in [0.3, 0.4) is 0 Å². The van der Waals surface area contributed by atoms with E-state index < -0.39 is 18.4 Å². The minimum absolute atomic E-state index is 0.228. The van der Waals surface area contributed by atoms with E-state index in [9.17, 15) is 18.0 Å². The topological polar surface area (TPSA) is 35.5 Å². The van der Waals surface area contributed by atoms with Crippen molar-refractivity contribution in [3.8, 4) is 0 Å². The van der Waals surface area contributed by atoms with Crippen LogP contribution in [-0.2, 0) is 14.3 Å². The summed E-state index contributed by atoms with van der Waals surface area (Å²) in [5.41, 5.74) is 0. The molecule has 6 heteroatoms. The van der Waals surface area contributed by atoms with Crippen molar-refractivity contribution in [3.05, 3.63) is 0 Å². The van der Waals surface area contributed by atoms with E-state index in [0.29, 0.717) is 6.29 Å². The average Bonchev–Trinajstić information content (AvgIpc) is 2.03. The summed E-state index contributed by atoms with van der Waals surface area (Å²) in [5.74, 6) is -0.580. The second-order valence-corrected chi connectivity index (χ2v) is 2.44. The first-order valence-electron chi connectivity index (χ1n) is 3.29. The maximum atomic E-state index is 11.8. The first kappa shape index (κ1) is 9.47. The molecule has 0 bridgehead atoms. The molecule has 0 saturated carbocycles. The molecule has 1 heterocycles. The maximum absolute atomic E-state index is 11.8. The molecule has 1 aliphatic heterocycles. The Morgan fingerprint density at radius 1 is 1.25 bits per heavy atom. The Labute approximate surface area is 66.4 Å². The van der Waals surface area contributed by atoms with Gasteiger partial charge in [0.25, 0.3) is 6.29 Å². The van der Waals surface area contributed by atoms with Crippen LogP contribution in [0.15, 0.2) is 0 Å². The molecule has 0 atom stereocenters. The normalized spacial score (nSPS) is 31.6. The third-order valence-electron chi connectivity index (χ3n) is 1.38. The molecule has 0 aliphatic carbocycles. The van der Waals surface area contributed by atoms with Crippen LogP contribution in [0.5, 0.6) is 0 Å². The molecule has 12 heavy (non-hydrogen) atoms. The van der Waals surface area contributed by atoms with Crippen LogP contribution in [-0.4, -0.2) is 32.0 Å². The van der Waals surface area contributed by atoms with Crippen molar-refractivity contribution in [1.29, 1.82) is 0 Å². The van der Waals surface area contributed by atoms with Crippen LogP contribution in [0, 0.1) is 5.92 Å². The van der Waals surface area contributed by atoms with Gasteiger partial charge in [-0.25, -0.2) is 0 Å². The summed E-state index contributed by atoms with van der Waals surface area (Å²) in [6.45, 7) is -0.457. The fourth-order valence-corrected chi connectivity index (χ4v) is 0.786. The second-order valence-electron chi connectivity index (χ2n) is 2.44. The highest BCUT2D eigenvalue weighted by Gasteiger charge is 2.44. The number of carbonyl (C=O) groups excluding carboxylic acids is 1. The molecule has 0 N–H and O–H groups in total. The molecule has 0 amide bonds. The highest BCUT2D eigenvalue weighted by molar-refractivity contribution is 5.53. The zero-order valence-corrected chi connectivity index (χ0v) is 6.00.